The molecule has 15 heavy (non-hydrogen) atoms. The van der Waals surface area contributed by atoms with Gasteiger partial charge in [-0.25, -0.2) is 4.39 Å². The molecule has 1 aromatic carbocycles. The molecule has 0 amide bonds. The molecule has 82 valence electrons. The summed E-state index contributed by atoms with van der Waals surface area (Å²) in [5.74, 6) is -0.483. The molecule has 4 nitrogen and oxygen atoms in total. The van der Waals surface area contributed by atoms with Crippen LogP contribution in [0.15, 0.2) is 23.4 Å². The van der Waals surface area contributed by atoms with Gasteiger partial charge in [0.05, 0.1) is 5.69 Å². The Labute approximate surface area is 87.8 Å². The fourth-order valence-corrected chi connectivity index (χ4v) is 1.20. The van der Waals surface area contributed by atoms with Gasteiger partial charge >= 0.3 is 0 Å². The molecule has 0 fully saturated rings. The van der Waals surface area contributed by atoms with Crippen molar-refractivity contribution >= 4 is 11.5 Å². The number of halogens is 1. The van der Waals surface area contributed by atoms with E-state index in [0.29, 0.717) is 17.8 Å². The minimum atomic E-state index is -0.386. The number of nitrogens with zero attached hydrogens (tertiary/aromatic N) is 2. The van der Waals surface area contributed by atoms with Crippen molar-refractivity contribution in [3.05, 3.63) is 29.6 Å². The van der Waals surface area contributed by atoms with Crippen molar-refractivity contribution in [1.29, 1.82) is 0 Å². The number of hydrogen-bond acceptors (Lipinski definition) is 3. The Morgan fingerprint density at radius 1 is 1.60 bits per heavy atom. The molecule has 1 aromatic rings. The predicted octanol–water partition coefficient (Wildman–Crippen LogP) is 1.38. The molecule has 0 aliphatic carbocycles. The van der Waals surface area contributed by atoms with Crippen LogP contribution in [0.3, 0.4) is 0 Å². The van der Waals surface area contributed by atoms with Crippen LogP contribution in [0.25, 0.3) is 0 Å². The number of oxime groups is 1. The molecule has 0 aromatic heterocycles. The molecule has 0 aliphatic rings. The van der Waals surface area contributed by atoms with E-state index in [2.05, 4.69) is 5.16 Å². The number of amidine groups is 1. The van der Waals surface area contributed by atoms with Gasteiger partial charge in [0.2, 0.25) is 0 Å². The second kappa shape index (κ2) is 4.63. The van der Waals surface area contributed by atoms with E-state index in [1.807, 2.05) is 6.92 Å². The van der Waals surface area contributed by atoms with E-state index < -0.39 is 0 Å². The number of hydrogen-bond donors (Lipinski definition) is 2. The van der Waals surface area contributed by atoms with Gasteiger partial charge in [-0.1, -0.05) is 5.16 Å². The summed E-state index contributed by atoms with van der Waals surface area (Å²) in [6.07, 6.45) is 0. The molecule has 0 saturated carbocycles. The lowest BCUT2D eigenvalue weighted by Crippen LogP contribution is -2.18. The summed E-state index contributed by atoms with van der Waals surface area (Å²) in [6, 6.07) is 4.46. The molecule has 0 atom stereocenters. The molecule has 0 radical (unpaired) electrons. The molecule has 0 heterocycles. The second-order valence-corrected chi connectivity index (χ2v) is 3.17. The van der Waals surface area contributed by atoms with Gasteiger partial charge in [0.25, 0.3) is 0 Å². The Balaban J connectivity index is 3.08. The van der Waals surface area contributed by atoms with Gasteiger partial charge in [-0.15, -0.1) is 0 Å². The van der Waals surface area contributed by atoms with E-state index in [4.69, 9.17) is 10.9 Å². The first kappa shape index (κ1) is 11.3. The van der Waals surface area contributed by atoms with Gasteiger partial charge in [0.15, 0.2) is 5.84 Å². The zero-order valence-corrected chi connectivity index (χ0v) is 8.74. The van der Waals surface area contributed by atoms with Gasteiger partial charge in [0, 0.05) is 19.2 Å². The Morgan fingerprint density at radius 3 is 2.73 bits per heavy atom. The van der Waals surface area contributed by atoms with Crippen LogP contribution in [0.4, 0.5) is 10.1 Å². The van der Waals surface area contributed by atoms with E-state index >= 15 is 0 Å². The first-order chi connectivity index (χ1) is 7.10. The van der Waals surface area contributed by atoms with Crippen LogP contribution in [0, 0.1) is 5.82 Å². The van der Waals surface area contributed by atoms with Crippen LogP contribution >= 0.6 is 0 Å². The third kappa shape index (κ3) is 2.37. The average molecular weight is 211 g/mol. The topological polar surface area (TPSA) is 61.8 Å². The fraction of sp³-hybridized carbons (Fsp3) is 0.300. The van der Waals surface area contributed by atoms with E-state index in [0.717, 1.165) is 0 Å². The summed E-state index contributed by atoms with van der Waals surface area (Å²) >= 11 is 0. The first-order valence-electron chi connectivity index (χ1n) is 4.58. The highest BCUT2D eigenvalue weighted by atomic mass is 19.1. The lowest BCUT2D eigenvalue weighted by atomic mass is 10.1. The molecule has 0 spiro atoms. The third-order valence-corrected chi connectivity index (χ3v) is 2.24. The SMILES string of the molecule is CCN(C)c1ccc(/C(N)=N/O)cc1F. The Morgan fingerprint density at radius 2 is 2.27 bits per heavy atom. The Hall–Kier alpha value is -1.78. The third-order valence-electron chi connectivity index (χ3n) is 2.24. The van der Waals surface area contributed by atoms with Crippen molar-refractivity contribution in [2.45, 2.75) is 6.92 Å². The van der Waals surface area contributed by atoms with Gasteiger partial charge < -0.3 is 15.8 Å². The molecule has 0 saturated heterocycles. The van der Waals surface area contributed by atoms with Crippen molar-refractivity contribution in [3.8, 4) is 0 Å². The lowest BCUT2D eigenvalue weighted by Gasteiger charge is -2.17. The normalized spacial score (nSPS) is 11.5. The van der Waals surface area contributed by atoms with Crippen molar-refractivity contribution in [3.63, 3.8) is 0 Å². The largest absolute Gasteiger partial charge is 0.409 e. The van der Waals surface area contributed by atoms with Gasteiger partial charge in [-0.2, -0.15) is 0 Å². The van der Waals surface area contributed by atoms with Crippen LogP contribution in [0.5, 0.6) is 0 Å². The van der Waals surface area contributed by atoms with Crippen molar-refractivity contribution in [1.82, 2.24) is 0 Å². The molecule has 1 rings (SSSR count). The summed E-state index contributed by atoms with van der Waals surface area (Å²) in [7, 11) is 1.79. The molecule has 5 heteroatoms. The quantitative estimate of drug-likeness (QED) is 0.343. The van der Waals surface area contributed by atoms with E-state index in [1.165, 1.54) is 6.07 Å². The fourth-order valence-electron chi connectivity index (χ4n) is 1.20. The second-order valence-electron chi connectivity index (χ2n) is 3.17. The summed E-state index contributed by atoms with van der Waals surface area (Å²) in [6.45, 7) is 2.64. The zero-order valence-electron chi connectivity index (χ0n) is 8.74. The molecule has 0 unspecified atom stereocenters. The van der Waals surface area contributed by atoms with Crippen LogP contribution < -0.4 is 10.6 Å². The van der Waals surface area contributed by atoms with Crippen LogP contribution in [-0.2, 0) is 0 Å². The monoisotopic (exact) mass is 211 g/mol. The Bertz CT molecular complexity index is 379. The zero-order chi connectivity index (χ0) is 11.4. The van der Waals surface area contributed by atoms with Crippen molar-refractivity contribution < 1.29 is 9.60 Å². The molecule has 3 N–H and O–H groups in total. The van der Waals surface area contributed by atoms with Crippen molar-refractivity contribution in [2.24, 2.45) is 10.9 Å². The van der Waals surface area contributed by atoms with E-state index in [9.17, 15) is 4.39 Å². The molecule has 0 bridgehead atoms. The van der Waals surface area contributed by atoms with Crippen molar-refractivity contribution in [2.75, 3.05) is 18.5 Å². The van der Waals surface area contributed by atoms with Gasteiger partial charge in [-0.3, -0.25) is 0 Å². The molecular weight excluding hydrogens is 197 g/mol. The number of nitrogens with two attached hydrogens (primary N) is 1. The maximum absolute atomic E-state index is 13.6. The maximum Gasteiger partial charge on any atom is 0.170 e. The minimum absolute atomic E-state index is 0.0976. The number of rotatable bonds is 3. The van der Waals surface area contributed by atoms with Crippen LogP contribution in [0.1, 0.15) is 12.5 Å². The van der Waals surface area contributed by atoms with Crippen LogP contribution in [0.2, 0.25) is 0 Å². The highest BCUT2D eigenvalue weighted by Crippen LogP contribution is 2.18. The lowest BCUT2D eigenvalue weighted by molar-refractivity contribution is 0.318. The minimum Gasteiger partial charge on any atom is -0.409 e. The van der Waals surface area contributed by atoms with Crippen LogP contribution in [-0.4, -0.2) is 24.6 Å². The summed E-state index contributed by atoms with van der Waals surface area (Å²) in [5.41, 5.74) is 6.20. The van der Waals surface area contributed by atoms with E-state index in [1.54, 1.807) is 24.1 Å². The summed E-state index contributed by atoms with van der Waals surface area (Å²) < 4.78 is 13.6. The predicted molar refractivity (Wildman–Crippen MR) is 57.9 cm³/mol. The Kier molecular flexibility index (Phi) is 3.49. The maximum atomic E-state index is 13.6. The first-order valence-corrected chi connectivity index (χ1v) is 4.58. The average Bonchev–Trinajstić information content (AvgIpc) is 2.26. The summed E-state index contributed by atoms with van der Waals surface area (Å²) in [5, 5.41) is 11.2. The highest BCUT2D eigenvalue weighted by Gasteiger charge is 2.08. The molecule has 0 aliphatic heterocycles. The smallest absolute Gasteiger partial charge is 0.170 e. The highest BCUT2D eigenvalue weighted by molar-refractivity contribution is 5.97. The van der Waals surface area contributed by atoms with Gasteiger partial charge in [-0.05, 0) is 25.1 Å². The molecular formula is C10H14FN3O. The number of anilines is 1. The standard InChI is InChI=1S/C10H14FN3O/c1-3-14(2)9-5-4-7(6-8(9)11)10(12)13-15/h4-6,15H,3H2,1-2H3,(H2,12,13). The summed E-state index contributed by atoms with van der Waals surface area (Å²) in [4.78, 5) is 1.77. The van der Waals surface area contributed by atoms with E-state index in [-0.39, 0.29) is 11.7 Å². The van der Waals surface area contributed by atoms with Gasteiger partial charge in [0.1, 0.15) is 5.82 Å². The number of benzene rings is 1.